The largest absolute Gasteiger partial charge is 0.395 e. The molecule has 0 saturated carbocycles. The van der Waals surface area contributed by atoms with E-state index < -0.39 is 0 Å². The number of nitrogens with zero attached hydrogens (tertiary/aromatic N) is 2. The van der Waals surface area contributed by atoms with Crippen LogP contribution in [0.15, 0.2) is 4.60 Å². The van der Waals surface area contributed by atoms with Crippen LogP contribution in [0.4, 0.5) is 5.69 Å². The summed E-state index contributed by atoms with van der Waals surface area (Å²) < 4.78 is 2.77. The molecule has 0 atom stereocenters. The minimum Gasteiger partial charge on any atom is -0.395 e. The first-order valence-corrected chi connectivity index (χ1v) is 4.09. The van der Waals surface area contributed by atoms with Crippen molar-refractivity contribution in [2.45, 2.75) is 19.4 Å². The maximum atomic E-state index is 5.72. The van der Waals surface area contributed by atoms with Crippen molar-refractivity contribution in [3.63, 3.8) is 0 Å². The minimum absolute atomic E-state index is 0.794. The van der Waals surface area contributed by atoms with Crippen LogP contribution in [0, 0.1) is 0 Å². The van der Waals surface area contributed by atoms with Crippen LogP contribution >= 0.6 is 15.9 Å². The third-order valence-electron chi connectivity index (χ3n) is 1.84. The van der Waals surface area contributed by atoms with Crippen LogP contribution in [0.2, 0.25) is 0 Å². The van der Waals surface area contributed by atoms with Crippen molar-refractivity contribution in [3.05, 3.63) is 10.3 Å². The van der Waals surface area contributed by atoms with E-state index in [-0.39, 0.29) is 0 Å². The van der Waals surface area contributed by atoms with Gasteiger partial charge in [-0.2, -0.15) is 5.10 Å². The van der Waals surface area contributed by atoms with Gasteiger partial charge in [0.05, 0.1) is 11.4 Å². The minimum atomic E-state index is 0.794. The molecule has 0 aromatic carbocycles. The van der Waals surface area contributed by atoms with Crippen LogP contribution < -0.4 is 5.73 Å². The van der Waals surface area contributed by atoms with E-state index in [1.165, 1.54) is 12.1 Å². The van der Waals surface area contributed by atoms with Crippen LogP contribution in [-0.2, 0) is 13.0 Å². The van der Waals surface area contributed by atoms with E-state index in [0.717, 1.165) is 23.3 Å². The fourth-order valence-corrected chi connectivity index (χ4v) is 1.74. The van der Waals surface area contributed by atoms with Crippen molar-refractivity contribution in [2.75, 3.05) is 5.73 Å². The Kier molecular flexibility index (Phi) is 1.23. The van der Waals surface area contributed by atoms with Gasteiger partial charge in [-0.3, -0.25) is 4.68 Å². The number of hydrogen-bond donors (Lipinski definition) is 1. The SMILES string of the molecule is Nc1c(Br)nn2c1CCC2. The van der Waals surface area contributed by atoms with Gasteiger partial charge in [0.25, 0.3) is 0 Å². The summed E-state index contributed by atoms with van der Waals surface area (Å²) in [6.07, 6.45) is 2.25. The lowest BCUT2D eigenvalue weighted by molar-refractivity contribution is 0.652. The number of fused-ring (bicyclic) bond motifs is 1. The van der Waals surface area contributed by atoms with E-state index in [0.29, 0.717) is 0 Å². The highest BCUT2D eigenvalue weighted by atomic mass is 79.9. The molecule has 54 valence electrons. The molecule has 4 heteroatoms. The van der Waals surface area contributed by atoms with Gasteiger partial charge in [-0.05, 0) is 28.8 Å². The molecular formula is C6H8BrN3. The highest BCUT2D eigenvalue weighted by Crippen LogP contribution is 2.27. The highest BCUT2D eigenvalue weighted by Gasteiger charge is 2.17. The molecule has 0 fully saturated rings. The van der Waals surface area contributed by atoms with Gasteiger partial charge in [-0.25, -0.2) is 0 Å². The zero-order valence-corrected chi connectivity index (χ0v) is 7.06. The predicted molar refractivity (Wildman–Crippen MR) is 42.7 cm³/mol. The quantitative estimate of drug-likeness (QED) is 0.686. The summed E-state index contributed by atoms with van der Waals surface area (Å²) in [5, 5.41) is 4.20. The molecule has 2 N–H and O–H groups in total. The van der Waals surface area contributed by atoms with Gasteiger partial charge in [0.2, 0.25) is 0 Å². The fourth-order valence-electron chi connectivity index (χ4n) is 1.32. The highest BCUT2D eigenvalue weighted by molar-refractivity contribution is 9.10. The molecule has 0 bridgehead atoms. The van der Waals surface area contributed by atoms with Gasteiger partial charge >= 0.3 is 0 Å². The molecule has 1 aliphatic heterocycles. The van der Waals surface area contributed by atoms with E-state index >= 15 is 0 Å². The lowest BCUT2D eigenvalue weighted by Gasteiger charge is -1.90. The second kappa shape index (κ2) is 1.99. The smallest absolute Gasteiger partial charge is 0.151 e. The topological polar surface area (TPSA) is 43.8 Å². The Hall–Kier alpha value is -0.510. The van der Waals surface area contributed by atoms with Crippen molar-refractivity contribution in [1.29, 1.82) is 0 Å². The van der Waals surface area contributed by atoms with Gasteiger partial charge in [0.15, 0.2) is 4.60 Å². The van der Waals surface area contributed by atoms with E-state index in [4.69, 9.17) is 5.73 Å². The van der Waals surface area contributed by atoms with Gasteiger partial charge in [-0.15, -0.1) is 0 Å². The van der Waals surface area contributed by atoms with E-state index in [2.05, 4.69) is 21.0 Å². The molecule has 1 aliphatic rings. The average Bonchev–Trinajstić information content (AvgIpc) is 2.41. The summed E-state index contributed by atoms with van der Waals surface area (Å²) >= 11 is 3.28. The van der Waals surface area contributed by atoms with E-state index in [9.17, 15) is 0 Å². The Balaban J connectivity index is 2.59. The first-order chi connectivity index (χ1) is 4.79. The summed E-state index contributed by atoms with van der Waals surface area (Å²) in [4.78, 5) is 0. The van der Waals surface area contributed by atoms with Crippen molar-refractivity contribution in [3.8, 4) is 0 Å². The molecule has 10 heavy (non-hydrogen) atoms. The maximum absolute atomic E-state index is 5.72. The second-order valence-electron chi connectivity index (χ2n) is 2.48. The van der Waals surface area contributed by atoms with E-state index in [1.807, 2.05) is 4.68 Å². The molecule has 0 spiro atoms. The first kappa shape index (κ1) is 6.22. The van der Waals surface area contributed by atoms with Gasteiger partial charge in [-0.1, -0.05) is 0 Å². The Morgan fingerprint density at radius 1 is 1.60 bits per heavy atom. The molecule has 1 aromatic rings. The van der Waals surface area contributed by atoms with Crippen molar-refractivity contribution in [1.82, 2.24) is 9.78 Å². The fraction of sp³-hybridized carbons (Fsp3) is 0.500. The number of hydrogen-bond acceptors (Lipinski definition) is 2. The third-order valence-corrected chi connectivity index (χ3v) is 2.42. The molecule has 0 saturated heterocycles. The molecule has 0 amide bonds. The standard InChI is InChI=1S/C6H8BrN3/c7-6-5(8)4-2-1-3-10(4)9-6/h1-3,8H2. The molecule has 0 aliphatic carbocycles. The summed E-state index contributed by atoms with van der Waals surface area (Å²) in [6.45, 7) is 1.02. The normalized spacial score (nSPS) is 15.7. The van der Waals surface area contributed by atoms with Crippen LogP contribution in [0.1, 0.15) is 12.1 Å². The molecule has 2 heterocycles. The van der Waals surface area contributed by atoms with Gasteiger partial charge in [0, 0.05) is 6.54 Å². The van der Waals surface area contributed by atoms with Crippen LogP contribution in [-0.4, -0.2) is 9.78 Å². The Morgan fingerprint density at radius 2 is 2.40 bits per heavy atom. The third kappa shape index (κ3) is 0.683. The number of nitrogen functional groups attached to an aromatic ring is 1. The maximum Gasteiger partial charge on any atom is 0.151 e. The van der Waals surface area contributed by atoms with Gasteiger partial charge < -0.3 is 5.73 Å². The number of aryl methyl sites for hydroxylation is 1. The van der Waals surface area contributed by atoms with Crippen molar-refractivity contribution < 1.29 is 0 Å². The summed E-state index contributed by atoms with van der Waals surface area (Å²) in [5.41, 5.74) is 7.73. The summed E-state index contributed by atoms with van der Waals surface area (Å²) in [6, 6.07) is 0. The average molecular weight is 202 g/mol. The Morgan fingerprint density at radius 3 is 3.10 bits per heavy atom. The van der Waals surface area contributed by atoms with Crippen LogP contribution in [0.25, 0.3) is 0 Å². The number of aromatic nitrogens is 2. The van der Waals surface area contributed by atoms with Crippen molar-refractivity contribution >= 4 is 21.6 Å². The number of anilines is 1. The monoisotopic (exact) mass is 201 g/mol. The zero-order valence-electron chi connectivity index (χ0n) is 5.47. The van der Waals surface area contributed by atoms with Crippen molar-refractivity contribution in [2.24, 2.45) is 0 Å². The molecule has 0 unspecified atom stereocenters. The molecule has 0 radical (unpaired) electrons. The summed E-state index contributed by atoms with van der Waals surface area (Å²) in [5.74, 6) is 0. The second-order valence-corrected chi connectivity index (χ2v) is 3.23. The molecule has 1 aromatic heterocycles. The number of nitrogens with two attached hydrogens (primary N) is 1. The lowest BCUT2D eigenvalue weighted by atomic mass is 10.3. The Labute approximate surface area is 67.3 Å². The zero-order chi connectivity index (χ0) is 7.14. The van der Waals surface area contributed by atoms with Crippen LogP contribution in [0.3, 0.4) is 0 Å². The molecule has 3 nitrogen and oxygen atoms in total. The molecule has 2 rings (SSSR count). The predicted octanol–water partition coefficient (Wildman–Crippen LogP) is 1.17. The first-order valence-electron chi connectivity index (χ1n) is 3.29. The Bertz CT molecular complexity index is 266. The van der Waals surface area contributed by atoms with Crippen LogP contribution in [0.5, 0.6) is 0 Å². The van der Waals surface area contributed by atoms with Gasteiger partial charge in [0.1, 0.15) is 0 Å². The lowest BCUT2D eigenvalue weighted by Crippen LogP contribution is -1.94. The van der Waals surface area contributed by atoms with E-state index in [1.54, 1.807) is 0 Å². The number of halogens is 1. The molecular weight excluding hydrogens is 194 g/mol. The summed E-state index contributed by atoms with van der Waals surface area (Å²) in [7, 11) is 0. The number of rotatable bonds is 0.